The fourth-order valence-corrected chi connectivity index (χ4v) is 4.69. The van der Waals surface area contributed by atoms with Crippen LogP contribution in [0.3, 0.4) is 0 Å². The number of hydrogen-bond acceptors (Lipinski definition) is 5. The molecule has 3 fully saturated rings. The lowest BCUT2D eigenvalue weighted by Crippen LogP contribution is -2.41. The van der Waals surface area contributed by atoms with Crippen LogP contribution >= 0.6 is 11.6 Å². The minimum Gasteiger partial charge on any atom is -0.378 e. The molecule has 0 atom stereocenters. The summed E-state index contributed by atoms with van der Waals surface area (Å²) in [7, 11) is 0. The van der Waals surface area contributed by atoms with Gasteiger partial charge in [-0.3, -0.25) is 4.79 Å². The van der Waals surface area contributed by atoms with Gasteiger partial charge in [0.1, 0.15) is 5.82 Å². The largest absolute Gasteiger partial charge is 0.378 e. The van der Waals surface area contributed by atoms with Crippen molar-refractivity contribution in [2.24, 2.45) is 0 Å². The molecule has 1 aromatic rings. The molecule has 1 saturated carbocycles. The van der Waals surface area contributed by atoms with Crippen molar-refractivity contribution in [3.05, 3.63) is 22.8 Å². The average molecular weight is 408 g/mol. The number of rotatable bonds is 4. The summed E-state index contributed by atoms with van der Waals surface area (Å²) < 4.78 is 11.6. The number of nitrogens with zero attached hydrogens (tertiary/aromatic N) is 3. The van der Waals surface area contributed by atoms with Gasteiger partial charge in [0.2, 0.25) is 0 Å². The zero-order valence-corrected chi connectivity index (χ0v) is 17.2. The molecule has 2 saturated heterocycles. The highest BCUT2D eigenvalue weighted by Gasteiger charge is 2.26. The number of morpholine rings is 1. The fraction of sp³-hybridized carbons (Fsp3) is 0.714. The summed E-state index contributed by atoms with van der Waals surface area (Å²) in [5, 5.41) is 0.547. The van der Waals surface area contributed by atoms with Gasteiger partial charge < -0.3 is 19.3 Å². The zero-order valence-electron chi connectivity index (χ0n) is 16.4. The van der Waals surface area contributed by atoms with Crippen LogP contribution in [-0.2, 0) is 9.47 Å². The van der Waals surface area contributed by atoms with Crippen LogP contribution in [0.4, 0.5) is 5.82 Å². The maximum Gasteiger partial charge on any atom is 0.255 e. The molecule has 3 aliphatic rings. The highest BCUT2D eigenvalue weighted by Crippen LogP contribution is 2.29. The highest BCUT2D eigenvalue weighted by molar-refractivity contribution is 6.33. The molecule has 7 heteroatoms. The van der Waals surface area contributed by atoms with E-state index in [0.717, 1.165) is 31.7 Å². The van der Waals surface area contributed by atoms with Crippen molar-refractivity contribution in [1.82, 2.24) is 9.88 Å². The van der Waals surface area contributed by atoms with E-state index in [1.165, 1.54) is 32.1 Å². The molecule has 1 aromatic heterocycles. The Morgan fingerprint density at radius 1 is 1.04 bits per heavy atom. The standard InChI is InChI=1S/C21H30ClN3O3/c22-19-14-16(21(26)25-10-12-27-13-11-25)15-23-20(19)24-8-6-18(7-9-24)28-17-4-2-1-3-5-17/h14-15,17-18H,1-13H2. The monoisotopic (exact) mass is 407 g/mol. The van der Waals surface area contributed by atoms with E-state index in [2.05, 4.69) is 9.88 Å². The Morgan fingerprint density at radius 3 is 2.39 bits per heavy atom. The fourth-order valence-electron chi connectivity index (χ4n) is 4.41. The molecule has 0 spiro atoms. The number of hydrogen-bond donors (Lipinski definition) is 0. The van der Waals surface area contributed by atoms with Gasteiger partial charge in [-0.05, 0) is 31.7 Å². The Morgan fingerprint density at radius 2 is 1.71 bits per heavy atom. The smallest absolute Gasteiger partial charge is 0.255 e. The highest BCUT2D eigenvalue weighted by atomic mass is 35.5. The molecule has 0 aromatic carbocycles. The second kappa shape index (κ2) is 9.42. The molecule has 1 amide bonds. The summed E-state index contributed by atoms with van der Waals surface area (Å²) in [5.74, 6) is 0.750. The van der Waals surface area contributed by atoms with Crippen molar-refractivity contribution >= 4 is 23.3 Å². The number of aromatic nitrogens is 1. The molecule has 28 heavy (non-hydrogen) atoms. The van der Waals surface area contributed by atoms with E-state index in [-0.39, 0.29) is 5.91 Å². The third kappa shape index (κ3) is 4.78. The third-order valence-corrected chi connectivity index (χ3v) is 6.32. The summed E-state index contributed by atoms with van der Waals surface area (Å²) >= 11 is 6.51. The van der Waals surface area contributed by atoms with Crippen LogP contribution in [0.25, 0.3) is 0 Å². The number of amides is 1. The normalized spacial score (nSPS) is 22.5. The lowest BCUT2D eigenvalue weighted by Gasteiger charge is -2.35. The molecule has 3 heterocycles. The van der Waals surface area contributed by atoms with E-state index < -0.39 is 0 Å². The Bertz CT molecular complexity index is 667. The molecule has 4 rings (SSSR count). The van der Waals surface area contributed by atoms with Gasteiger partial charge in [-0.2, -0.15) is 0 Å². The summed E-state index contributed by atoms with van der Waals surface area (Å²) in [5.41, 5.74) is 0.547. The SMILES string of the molecule is O=C(c1cnc(N2CCC(OC3CCCCC3)CC2)c(Cl)c1)N1CCOCC1. The van der Waals surface area contributed by atoms with Crippen molar-refractivity contribution < 1.29 is 14.3 Å². The second-order valence-corrected chi connectivity index (χ2v) is 8.42. The summed E-state index contributed by atoms with van der Waals surface area (Å²) in [6.07, 6.45) is 10.9. The van der Waals surface area contributed by atoms with E-state index >= 15 is 0 Å². The van der Waals surface area contributed by atoms with Crippen molar-refractivity contribution in [1.29, 1.82) is 0 Å². The van der Waals surface area contributed by atoms with Crippen molar-refractivity contribution in [2.75, 3.05) is 44.3 Å². The van der Waals surface area contributed by atoms with Gasteiger partial charge in [-0.25, -0.2) is 4.98 Å². The molecule has 1 aliphatic carbocycles. The van der Waals surface area contributed by atoms with Crippen LogP contribution in [-0.4, -0.2) is 67.4 Å². The van der Waals surface area contributed by atoms with Crippen LogP contribution < -0.4 is 4.90 Å². The first kappa shape index (κ1) is 19.9. The van der Waals surface area contributed by atoms with Gasteiger partial charge in [0, 0.05) is 32.4 Å². The molecule has 0 N–H and O–H groups in total. The maximum atomic E-state index is 12.6. The van der Waals surface area contributed by atoms with E-state index in [4.69, 9.17) is 21.1 Å². The minimum atomic E-state index is -0.0242. The number of carbonyl (C=O) groups is 1. The predicted octanol–water partition coefficient (Wildman–Crippen LogP) is 3.53. The van der Waals surface area contributed by atoms with Crippen LogP contribution in [0.5, 0.6) is 0 Å². The van der Waals surface area contributed by atoms with Crippen molar-refractivity contribution in [3.8, 4) is 0 Å². The third-order valence-electron chi connectivity index (χ3n) is 6.05. The second-order valence-electron chi connectivity index (χ2n) is 8.02. The average Bonchev–Trinajstić information content (AvgIpc) is 2.75. The van der Waals surface area contributed by atoms with Crippen molar-refractivity contribution in [3.63, 3.8) is 0 Å². The predicted molar refractivity (Wildman–Crippen MR) is 109 cm³/mol. The van der Waals surface area contributed by atoms with Gasteiger partial charge in [0.25, 0.3) is 5.91 Å². The molecule has 0 unspecified atom stereocenters. The zero-order chi connectivity index (χ0) is 19.3. The molecular formula is C21H30ClN3O3. The van der Waals surface area contributed by atoms with Gasteiger partial charge in [0.15, 0.2) is 0 Å². The number of carbonyl (C=O) groups excluding carboxylic acids is 1. The summed E-state index contributed by atoms with van der Waals surface area (Å²) in [6.45, 7) is 4.19. The number of anilines is 1. The van der Waals surface area contributed by atoms with Crippen LogP contribution in [0, 0.1) is 0 Å². The van der Waals surface area contributed by atoms with E-state index in [0.29, 0.717) is 49.1 Å². The molecular weight excluding hydrogens is 378 g/mol. The van der Waals surface area contributed by atoms with Crippen molar-refractivity contribution in [2.45, 2.75) is 57.2 Å². The van der Waals surface area contributed by atoms with E-state index in [9.17, 15) is 4.79 Å². The minimum absolute atomic E-state index is 0.0242. The summed E-state index contributed by atoms with van der Waals surface area (Å²) in [4.78, 5) is 21.2. The van der Waals surface area contributed by atoms with Gasteiger partial charge >= 0.3 is 0 Å². The van der Waals surface area contributed by atoms with Gasteiger partial charge in [-0.15, -0.1) is 0 Å². The quantitative estimate of drug-likeness (QED) is 0.764. The molecule has 154 valence electrons. The Balaban J connectivity index is 1.32. The lowest BCUT2D eigenvalue weighted by atomic mass is 9.97. The lowest BCUT2D eigenvalue weighted by molar-refractivity contribution is -0.0395. The Kier molecular flexibility index (Phi) is 6.70. The molecule has 0 bridgehead atoms. The van der Waals surface area contributed by atoms with Crippen LogP contribution in [0.15, 0.2) is 12.3 Å². The van der Waals surface area contributed by atoms with E-state index in [1.54, 1.807) is 17.2 Å². The van der Waals surface area contributed by atoms with Crippen LogP contribution in [0.1, 0.15) is 55.3 Å². The topological polar surface area (TPSA) is 54.9 Å². The first-order valence-electron chi connectivity index (χ1n) is 10.6. The molecule has 6 nitrogen and oxygen atoms in total. The van der Waals surface area contributed by atoms with Gasteiger partial charge in [0.05, 0.1) is 36.0 Å². The Hall–Kier alpha value is -1.37. The van der Waals surface area contributed by atoms with E-state index in [1.807, 2.05) is 0 Å². The van der Waals surface area contributed by atoms with Gasteiger partial charge in [-0.1, -0.05) is 30.9 Å². The maximum absolute atomic E-state index is 12.6. The Labute approximate surface area is 172 Å². The number of pyridine rings is 1. The number of ether oxygens (including phenoxy) is 2. The molecule has 2 aliphatic heterocycles. The summed E-state index contributed by atoms with van der Waals surface area (Å²) in [6, 6.07) is 1.76. The van der Waals surface area contributed by atoms with Crippen LogP contribution in [0.2, 0.25) is 5.02 Å². The first-order chi connectivity index (χ1) is 13.7. The first-order valence-corrected chi connectivity index (χ1v) is 11.0. The number of halogens is 1. The number of piperidine rings is 1. The molecule has 0 radical (unpaired) electrons.